The van der Waals surface area contributed by atoms with Gasteiger partial charge in [-0.1, -0.05) is 38.1 Å². The van der Waals surface area contributed by atoms with Crippen molar-refractivity contribution in [1.29, 1.82) is 0 Å². The fraction of sp³-hybridized carbons (Fsp3) is 0.389. The minimum Gasteiger partial charge on any atom is -0.507 e. The predicted octanol–water partition coefficient (Wildman–Crippen LogP) is 3.01. The predicted molar refractivity (Wildman–Crippen MR) is 90.4 cm³/mol. The molecule has 1 amide bonds. The van der Waals surface area contributed by atoms with Crippen LogP contribution in [0.25, 0.3) is 10.8 Å². The molecule has 22 heavy (non-hydrogen) atoms. The van der Waals surface area contributed by atoms with Crippen LogP contribution in [0, 0.1) is 0 Å². The van der Waals surface area contributed by atoms with Crippen LogP contribution in [0.5, 0.6) is 5.75 Å². The third-order valence-electron chi connectivity index (χ3n) is 3.94. The van der Waals surface area contributed by atoms with Gasteiger partial charge in [0.15, 0.2) is 0 Å². The number of nitrogens with zero attached hydrogens (tertiary/aromatic N) is 1. The highest BCUT2D eigenvalue weighted by molar-refractivity contribution is 6.01. The lowest BCUT2D eigenvalue weighted by Crippen LogP contribution is -2.29. The molecule has 0 atom stereocenters. The van der Waals surface area contributed by atoms with Gasteiger partial charge in [0.05, 0.1) is 5.56 Å². The van der Waals surface area contributed by atoms with E-state index in [1.807, 2.05) is 24.3 Å². The molecule has 4 nitrogen and oxygen atoms in total. The molecule has 0 aromatic heterocycles. The molecule has 0 bridgehead atoms. The number of fused-ring (bicyclic) bond motifs is 1. The summed E-state index contributed by atoms with van der Waals surface area (Å²) in [6.45, 7) is 7.90. The Labute approximate surface area is 131 Å². The van der Waals surface area contributed by atoms with Gasteiger partial charge in [0.25, 0.3) is 5.91 Å². The highest BCUT2D eigenvalue weighted by Crippen LogP contribution is 2.24. The molecule has 0 heterocycles. The van der Waals surface area contributed by atoms with Crippen molar-refractivity contribution in [3.63, 3.8) is 0 Å². The van der Waals surface area contributed by atoms with Gasteiger partial charge in [0.1, 0.15) is 5.75 Å². The van der Waals surface area contributed by atoms with E-state index in [0.717, 1.165) is 36.8 Å². The van der Waals surface area contributed by atoms with Crippen LogP contribution in [0.1, 0.15) is 30.6 Å². The van der Waals surface area contributed by atoms with Crippen molar-refractivity contribution in [2.75, 3.05) is 26.2 Å². The molecule has 2 N–H and O–H groups in total. The Kier molecular flexibility index (Phi) is 5.78. The molecular weight excluding hydrogens is 276 g/mol. The highest BCUT2D eigenvalue weighted by atomic mass is 16.3. The summed E-state index contributed by atoms with van der Waals surface area (Å²) < 4.78 is 0. The van der Waals surface area contributed by atoms with E-state index in [-0.39, 0.29) is 11.7 Å². The second kappa shape index (κ2) is 7.80. The molecular formula is C18H24N2O2. The van der Waals surface area contributed by atoms with Gasteiger partial charge in [-0.2, -0.15) is 0 Å². The van der Waals surface area contributed by atoms with Gasteiger partial charge in [-0.05, 0) is 49.0 Å². The van der Waals surface area contributed by atoms with E-state index in [1.54, 1.807) is 12.1 Å². The van der Waals surface area contributed by atoms with Gasteiger partial charge >= 0.3 is 0 Å². The van der Waals surface area contributed by atoms with Crippen LogP contribution >= 0.6 is 0 Å². The number of carbonyl (C=O) groups excluding carboxylic acids is 1. The Hall–Kier alpha value is -2.07. The van der Waals surface area contributed by atoms with E-state index in [0.29, 0.717) is 12.1 Å². The summed E-state index contributed by atoms with van der Waals surface area (Å²) in [5.74, 6) is -0.192. The van der Waals surface area contributed by atoms with Gasteiger partial charge in [-0.3, -0.25) is 4.79 Å². The standard InChI is InChI=1S/C18H24N2O2/c1-3-20(4-2)11-7-10-19-18(22)16-12-14-8-5-6-9-15(14)13-17(16)21/h5-6,8-9,12-13,21H,3-4,7,10-11H2,1-2H3,(H,19,22). The lowest BCUT2D eigenvalue weighted by molar-refractivity contribution is 0.0949. The zero-order valence-corrected chi connectivity index (χ0v) is 13.3. The maximum Gasteiger partial charge on any atom is 0.255 e. The van der Waals surface area contributed by atoms with E-state index in [2.05, 4.69) is 24.1 Å². The Morgan fingerprint density at radius 2 is 1.77 bits per heavy atom. The minimum absolute atomic E-state index is 0.0277. The number of benzene rings is 2. The van der Waals surface area contributed by atoms with E-state index >= 15 is 0 Å². The van der Waals surface area contributed by atoms with E-state index < -0.39 is 0 Å². The first-order chi connectivity index (χ1) is 10.7. The van der Waals surface area contributed by atoms with E-state index in [9.17, 15) is 9.90 Å². The van der Waals surface area contributed by atoms with E-state index in [1.165, 1.54) is 0 Å². The highest BCUT2D eigenvalue weighted by Gasteiger charge is 2.12. The fourth-order valence-corrected chi connectivity index (χ4v) is 2.55. The van der Waals surface area contributed by atoms with Crippen molar-refractivity contribution >= 4 is 16.7 Å². The van der Waals surface area contributed by atoms with Gasteiger partial charge in [-0.15, -0.1) is 0 Å². The molecule has 0 unspecified atom stereocenters. The molecule has 0 spiro atoms. The average molecular weight is 300 g/mol. The zero-order valence-electron chi connectivity index (χ0n) is 13.3. The number of phenols is 1. The molecule has 0 saturated carbocycles. The smallest absolute Gasteiger partial charge is 0.255 e. The van der Waals surface area contributed by atoms with Crippen molar-refractivity contribution in [2.45, 2.75) is 20.3 Å². The van der Waals surface area contributed by atoms with Crippen LogP contribution in [0.15, 0.2) is 36.4 Å². The Balaban J connectivity index is 1.96. The SMILES string of the molecule is CCN(CC)CCCNC(=O)c1cc2ccccc2cc1O. The normalized spacial score (nSPS) is 11.0. The molecule has 2 aromatic carbocycles. The van der Waals surface area contributed by atoms with Gasteiger partial charge in [0.2, 0.25) is 0 Å². The lowest BCUT2D eigenvalue weighted by Gasteiger charge is -2.17. The average Bonchev–Trinajstić information content (AvgIpc) is 2.54. The number of nitrogens with one attached hydrogen (secondary N) is 1. The number of phenolic OH excluding ortho intramolecular Hbond substituents is 1. The first-order valence-electron chi connectivity index (χ1n) is 7.88. The van der Waals surface area contributed by atoms with Crippen LogP contribution in [0.3, 0.4) is 0 Å². The second-order valence-corrected chi connectivity index (χ2v) is 5.35. The summed E-state index contributed by atoms with van der Waals surface area (Å²) >= 11 is 0. The molecule has 0 aliphatic rings. The number of aromatic hydroxyl groups is 1. The molecule has 2 rings (SSSR count). The molecule has 0 saturated heterocycles. The Bertz CT molecular complexity index is 636. The summed E-state index contributed by atoms with van der Waals surface area (Å²) in [6, 6.07) is 11.1. The summed E-state index contributed by atoms with van der Waals surface area (Å²) in [5, 5.41) is 14.8. The summed E-state index contributed by atoms with van der Waals surface area (Å²) in [6.07, 6.45) is 0.905. The lowest BCUT2D eigenvalue weighted by atomic mass is 10.1. The van der Waals surface area contributed by atoms with Crippen LogP contribution < -0.4 is 5.32 Å². The van der Waals surface area contributed by atoms with Crippen LogP contribution in [0.4, 0.5) is 0 Å². The summed E-state index contributed by atoms with van der Waals surface area (Å²) in [5.41, 5.74) is 0.335. The van der Waals surface area contributed by atoms with Gasteiger partial charge in [0, 0.05) is 6.54 Å². The van der Waals surface area contributed by atoms with Gasteiger partial charge in [-0.25, -0.2) is 0 Å². The molecule has 2 aromatic rings. The number of rotatable bonds is 7. The minimum atomic E-state index is -0.220. The third-order valence-corrected chi connectivity index (χ3v) is 3.94. The summed E-state index contributed by atoms with van der Waals surface area (Å²) in [4.78, 5) is 14.5. The van der Waals surface area contributed by atoms with Crippen molar-refractivity contribution < 1.29 is 9.90 Å². The maximum absolute atomic E-state index is 12.2. The zero-order chi connectivity index (χ0) is 15.9. The largest absolute Gasteiger partial charge is 0.507 e. The van der Waals surface area contributed by atoms with Crippen molar-refractivity contribution in [1.82, 2.24) is 10.2 Å². The number of carbonyl (C=O) groups is 1. The fourth-order valence-electron chi connectivity index (χ4n) is 2.55. The third kappa shape index (κ3) is 3.98. The van der Waals surface area contributed by atoms with Crippen LogP contribution in [-0.4, -0.2) is 42.1 Å². The molecule has 118 valence electrons. The molecule has 0 aliphatic heterocycles. The quantitative estimate of drug-likeness (QED) is 0.773. The first kappa shape index (κ1) is 16.3. The Morgan fingerprint density at radius 3 is 2.41 bits per heavy atom. The monoisotopic (exact) mass is 300 g/mol. The first-order valence-corrected chi connectivity index (χ1v) is 7.88. The maximum atomic E-state index is 12.2. The Morgan fingerprint density at radius 1 is 1.14 bits per heavy atom. The van der Waals surface area contributed by atoms with Crippen molar-refractivity contribution in [2.24, 2.45) is 0 Å². The number of hydrogen-bond donors (Lipinski definition) is 2. The molecule has 4 heteroatoms. The van der Waals surface area contributed by atoms with Crippen LogP contribution in [0.2, 0.25) is 0 Å². The van der Waals surface area contributed by atoms with Crippen molar-refractivity contribution in [3.05, 3.63) is 42.0 Å². The van der Waals surface area contributed by atoms with E-state index in [4.69, 9.17) is 0 Å². The number of hydrogen-bond acceptors (Lipinski definition) is 3. The molecule has 0 aliphatic carbocycles. The summed E-state index contributed by atoms with van der Waals surface area (Å²) in [7, 11) is 0. The topological polar surface area (TPSA) is 52.6 Å². The molecule has 0 radical (unpaired) electrons. The second-order valence-electron chi connectivity index (χ2n) is 5.35. The number of amides is 1. The molecule has 0 fully saturated rings. The van der Waals surface area contributed by atoms with Crippen LogP contribution in [-0.2, 0) is 0 Å². The van der Waals surface area contributed by atoms with Gasteiger partial charge < -0.3 is 15.3 Å². The van der Waals surface area contributed by atoms with Crippen molar-refractivity contribution in [3.8, 4) is 5.75 Å².